The third kappa shape index (κ3) is 9.06. The molecule has 0 N–H and O–H groups in total. The number of ether oxygens (including phenoxy) is 5. The van der Waals surface area contributed by atoms with Gasteiger partial charge in [0.25, 0.3) is 11.1 Å². The molecule has 296 valence electrons. The fourth-order valence-electron chi connectivity index (χ4n) is 7.37. The van der Waals surface area contributed by atoms with Gasteiger partial charge >= 0.3 is 5.97 Å². The van der Waals surface area contributed by atoms with Crippen LogP contribution in [0.15, 0.2) is 76.3 Å². The lowest BCUT2D eigenvalue weighted by atomic mass is 10.1. The third-order valence-electron chi connectivity index (χ3n) is 10.4. The quantitative estimate of drug-likeness (QED) is 0.132. The van der Waals surface area contributed by atoms with Gasteiger partial charge in [-0.15, -0.1) is 0 Å². The van der Waals surface area contributed by atoms with Crippen molar-refractivity contribution in [3.05, 3.63) is 104 Å². The van der Waals surface area contributed by atoms with Gasteiger partial charge in [-0.05, 0) is 80.3 Å². The lowest BCUT2D eigenvalue weighted by molar-refractivity contribution is -0.152. The molecule has 2 aromatic heterocycles. The number of hydrogen-bond acceptors (Lipinski definition) is 11. The molecule has 1 fully saturated rings. The van der Waals surface area contributed by atoms with Gasteiger partial charge in [0.15, 0.2) is 11.5 Å². The molecule has 0 radical (unpaired) electrons. The summed E-state index contributed by atoms with van der Waals surface area (Å²) in [5, 5.41) is 1.98. The van der Waals surface area contributed by atoms with E-state index in [4.69, 9.17) is 23.7 Å². The number of esters is 1. The molecule has 4 heterocycles. The van der Waals surface area contributed by atoms with Crippen LogP contribution in [0.5, 0.6) is 23.0 Å². The van der Waals surface area contributed by atoms with Gasteiger partial charge in [0, 0.05) is 74.3 Å². The first-order valence-electron chi connectivity index (χ1n) is 19.0. The van der Waals surface area contributed by atoms with Crippen LogP contribution in [0.1, 0.15) is 23.6 Å². The monoisotopic (exact) mass is 766 g/mol. The van der Waals surface area contributed by atoms with Gasteiger partial charge in [-0.3, -0.25) is 24.2 Å². The molecule has 2 aliphatic rings. The molecule has 0 aliphatic carbocycles. The van der Waals surface area contributed by atoms with Crippen molar-refractivity contribution in [2.24, 2.45) is 0 Å². The minimum absolute atomic E-state index is 0.0340. The highest BCUT2D eigenvalue weighted by Crippen LogP contribution is 2.31. The predicted molar refractivity (Wildman–Crippen MR) is 215 cm³/mol. The molecule has 0 saturated carbocycles. The first-order chi connectivity index (χ1) is 27.1. The van der Waals surface area contributed by atoms with E-state index in [9.17, 15) is 19.2 Å². The Morgan fingerprint density at radius 1 is 0.768 bits per heavy atom. The van der Waals surface area contributed by atoms with Crippen LogP contribution in [-0.2, 0) is 33.8 Å². The van der Waals surface area contributed by atoms with Crippen molar-refractivity contribution in [3.8, 4) is 23.0 Å². The zero-order chi connectivity index (χ0) is 39.8. The van der Waals surface area contributed by atoms with E-state index in [2.05, 4.69) is 15.9 Å². The van der Waals surface area contributed by atoms with Crippen LogP contribution in [-0.4, -0.2) is 104 Å². The number of pyridine rings is 2. The highest BCUT2D eigenvalue weighted by atomic mass is 16.6. The number of carbonyl (C=O) groups excluding carboxylic acids is 2. The average Bonchev–Trinajstić information content (AvgIpc) is 3.21. The Kier molecular flexibility index (Phi) is 13.1. The van der Waals surface area contributed by atoms with Gasteiger partial charge in [0.05, 0.1) is 38.4 Å². The van der Waals surface area contributed by atoms with E-state index >= 15 is 0 Å². The van der Waals surface area contributed by atoms with Gasteiger partial charge in [-0.25, -0.2) is 0 Å². The largest absolute Gasteiger partial charge is 0.497 e. The highest BCUT2D eigenvalue weighted by molar-refractivity contribution is 5.85. The molecular weight excluding hydrogens is 716 g/mol. The van der Waals surface area contributed by atoms with Crippen LogP contribution in [0, 0.1) is 13.8 Å². The number of hydrogen-bond donors (Lipinski definition) is 0. The van der Waals surface area contributed by atoms with Gasteiger partial charge in [0.1, 0.15) is 37.0 Å². The number of fused-ring (bicyclic) bond motifs is 3. The van der Waals surface area contributed by atoms with Gasteiger partial charge in [-0.2, -0.15) is 0 Å². The summed E-state index contributed by atoms with van der Waals surface area (Å²) >= 11 is 0. The average molecular weight is 767 g/mol. The summed E-state index contributed by atoms with van der Waals surface area (Å²) in [5.41, 5.74) is 4.37. The fourth-order valence-corrected chi connectivity index (χ4v) is 7.37. The summed E-state index contributed by atoms with van der Waals surface area (Å²) in [6.07, 6.45) is 1.51. The zero-order valence-electron chi connectivity index (χ0n) is 32.7. The van der Waals surface area contributed by atoms with Crippen molar-refractivity contribution in [2.75, 3.05) is 66.8 Å². The molecule has 1 saturated heterocycles. The van der Waals surface area contributed by atoms with Crippen molar-refractivity contribution in [2.45, 2.75) is 46.3 Å². The molecule has 56 heavy (non-hydrogen) atoms. The molecule has 2 aliphatic heterocycles. The highest BCUT2D eigenvalue weighted by Gasteiger charge is 2.33. The summed E-state index contributed by atoms with van der Waals surface area (Å²) in [6.45, 7) is 11.2. The Hall–Kier alpha value is -5.66. The van der Waals surface area contributed by atoms with Crippen molar-refractivity contribution >= 4 is 34.1 Å². The Balaban J connectivity index is 0.000000261. The number of rotatable bonds is 12. The minimum Gasteiger partial charge on any atom is -0.497 e. The van der Waals surface area contributed by atoms with Crippen LogP contribution in [0.25, 0.3) is 21.8 Å². The van der Waals surface area contributed by atoms with Crippen molar-refractivity contribution < 1.29 is 33.3 Å². The number of carbonyl (C=O) groups is 2. The van der Waals surface area contributed by atoms with Crippen LogP contribution < -0.4 is 30.1 Å². The molecule has 0 amide bonds. The summed E-state index contributed by atoms with van der Waals surface area (Å²) in [4.78, 5) is 52.8. The van der Waals surface area contributed by atoms with Crippen molar-refractivity contribution in [3.63, 3.8) is 0 Å². The number of aromatic nitrogens is 2. The second-order valence-corrected chi connectivity index (χ2v) is 13.9. The van der Waals surface area contributed by atoms with E-state index in [-0.39, 0.29) is 29.7 Å². The molecule has 7 rings (SSSR count). The number of aryl methyl sites for hydroxylation is 2. The number of aldehydes is 1. The maximum atomic E-state index is 13.0. The molecule has 3 aromatic carbocycles. The molecule has 0 spiro atoms. The Morgan fingerprint density at radius 2 is 1.39 bits per heavy atom. The van der Waals surface area contributed by atoms with E-state index in [1.165, 1.54) is 10.6 Å². The predicted octanol–water partition coefficient (Wildman–Crippen LogP) is 4.40. The molecule has 1 unspecified atom stereocenters. The Labute approximate surface area is 325 Å². The smallest absolute Gasteiger partial charge is 0.324 e. The van der Waals surface area contributed by atoms with Gasteiger partial charge in [-0.1, -0.05) is 6.07 Å². The SMILES string of the molecule is CCOC(=O)C1CN(CCn2c(=O)cc(C)c3ccc(OC)cc32)CCN1CCc1ccc2c(c1)OCCO2.COc1ccc2c(C)cc(=O)n(CC=O)c2c1. The maximum absolute atomic E-state index is 13.0. The number of piperazine rings is 1. The van der Waals surface area contributed by atoms with Gasteiger partial charge < -0.3 is 37.6 Å². The molecule has 5 aromatic rings. The summed E-state index contributed by atoms with van der Waals surface area (Å²) in [7, 11) is 3.20. The molecule has 0 bridgehead atoms. The van der Waals surface area contributed by atoms with Crippen LogP contribution >= 0.6 is 0 Å². The number of nitrogens with zero attached hydrogens (tertiary/aromatic N) is 4. The Morgan fingerprint density at radius 3 is 2.02 bits per heavy atom. The van der Waals surface area contributed by atoms with E-state index < -0.39 is 0 Å². The van der Waals surface area contributed by atoms with Crippen LogP contribution in [0.4, 0.5) is 0 Å². The van der Waals surface area contributed by atoms with Gasteiger partial charge in [0.2, 0.25) is 0 Å². The van der Waals surface area contributed by atoms with E-state index in [1.54, 1.807) is 30.9 Å². The lowest BCUT2D eigenvalue weighted by Gasteiger charge is -2.40. The van der Waals surface area contributed by atoms with E-state index in [1.807, 2.05) is 63.2 Å². The standard InChI is InChI=1S/C30H37N3O6.C13H13NO3/c1-4-37-30(35)26-20-31(11-13-32(26)10-9-22-5-8-27-28(18-22)39-16-15-38-27)12-14-33-25-19-23(36-3)6-7-24(25)21(2)17-29(33)34;1-9-7-13(16)14(5-6-15)12-8-10(17-2)3-4-11(9)12/h5-8,17-19,26H,4,9-16,20H2,1-3H3;3-4,6-8H,5H2,1-2H3. The molecule has 1 atom stereocenters. The number of methoxy groups -OCH3 is 2. The zero-order valence-corrected chi connectivity index (χ0v) is 32.7. The van der Waals surface area contributed by atoms with E-state index in [0.717, 1.165) is 88.1 Å². The lowest BCUT2D eigenvalue weighted by Crippen LogP contribution is -2.57. The fraction of sp³-hybridized carbons (Fsp3) is 0.395. The topological polar surface area (TPSA) is 131 Å². The van der Waals surface area contributed by atoms with Crippen molar-refractivity contribution in [1.82, 2.24) is 18.9 Å². The second-order valence-electron chi connectivity index (χ2n) is 13.9. The summed E-state index contributed by atoms with van der Waals surface area (Å²) in [5.74, 6) is 2.74. The molecular formula is C43H50N4O9. The van der Waals surface area contributed by atoms with Crippen LogP contribution in [0.3, 0.4) is 0 Å². The minimum atomic E-state index is -0.359. The second kappa shape index (κ2) is 18.3. The van der Waals surface area contributed by atoms with Crippen molar-refractivity contribution in [1.29, 1.82) is 0 Å². The maximum Gasteiger partial charge on any atom is 0.324 e. The molecule has 13 nitrogen and oxygen atoms in total. The van der Waals surface area contributed by atoms with E-state index in [0.29, 0.717) is 45.2 Å². The van der Waals surface area contributed by atoms with Crippen LogP contribution in [0.2, 0.25) is 0 Å². The number of benzene rings is 3. The normalized spacial score (nSPS) is 15.6. The Bertz CT molecular complexity index is 2320. The third-order valence-corrected chi connectivity index (χ3v) is 10.4. The molecule has 13 heteroatoms. The summed E-state index contributed by atoms with van der Waals surface area (Å²) in [6, 6.07) is 20.2. The first kappa shape index (κ1) is 40.0. The summed E-state index contributed by atoms with van der Waals surface area (Å²) < 4.78 is 30.6. The first-order valence-corrected chi connectivity index (χ1v) is 19.0.